The largest absolute Gasteiger partial charge is 0.310 e. The summed E-state index contributed by atoms with van der Waals surface area (Å²) in [6.45, 7) is 2.15. The van der Waals surface area contributed by atoms with E-state index in [0.29, 0.717) is 0 Å². The van der Waals surface area contributed by atoms with E-state index >= 15 is 0 Å². The molecular weight excluding hydrogens is 482 g/mol. The molecule has 1 aliphatic rings. The van der Waals surface area contributed by atoms with Gasteiger partial charge >= 0.3 is 0 Å². The Bertz CT molecular complexity index is 1840. The quantitative estimate of drug-likeness (QED) is 0.163. The third-order valence-corrected chi connectivity index (χ3v) is 8.25. The molecule has 6 aromatic carbocycles. The molecule has 0 aliphatic heterocycles. The third-order valence-electron chi connectivity index (χ3n) is 8.25. The Balaban J connectivity index is 1.21. The van der Waals surface area contributed by atoms with Gasteiger partial charge in [0.25, 0.3) is 0 Å². The fourth-order valence-corrected chi connectivity index (χ4v) is 6.08. The van der Waals surface area contributed by atoms with Crippen LogP contribution in [0.15, 0.2) is 121 Å². The molecule has 0 bridgehead atoms. The van der Waals surface area contributed by atoms with E-state index in [2.05, 4.69) is 145 Å². The Morgan fingerprint density at radius 1 is 0.525 bits per heavy atom. The van der Waals surface area contributed by atoms with Crippen molar-refractivity contribution in [3.8, 4) is 0 Å². The van der Waals surface area contributed by atoms with Crippen molar-refractivity contribution < 1.29 is 0 Å². The van der Waals surface area contributed by atoms with Crippen LogP contribution in [0.3, 0.4) is 0 Å². The summed E-state index contributed by atoms with van der Waals surface area (Å²) in [4.78, 5) is 2.44. The van der Waals surface area contributed by atoms with Gasteiger partial charge in [-0.1, -0.05) is 90.5 Å². The maximum atomic E-state index is 2.44. The van der Waals surface area contributed by atoms with Gasteiger partial charge in [-0.15, -0.1) is 0 Å². The Kier molecular flexibility index (Phi) is 6.42. The average Bonchev–Trinajstić information content (AvgIpc) is 3.01. The van der Waals surface area contributed by atoms with E-state index < -0.39 is 0 Å². The van der Waals surface area contributed by atoms with E-state index in [1.165, 1.54) is 85.7 Å². The van der Waals surface area contributed by atoms with Gasteiger partial charge < -0.3 is 4.90 Å². The number of hydrogen-bond donors (Lipinski definition) is 0. The van der Waals surface area contributed by atoms with Crippen molar-refractivity contribution in [2.45, 2.75) is 32.6 Å². The number of benzene rings is 6. The zero-order chi connectivity index (χ0) is 26.9. The highest BCUT2D eigenvalue weighted by atomic mass is 15.1. The molecule has 0 aromatic heterocycles. The molecule has 6 aromatic rings. The lowest BCUT2D eigenvalue weighted by Crippen LogP contribution is -2.15. The van der Waals surface area contributed by atoms with Gasteiger partial charge in [-0.2, -0.15) is 0 Å². The number of aryl methyl sites for hydroxylation is 2. The van der Waals surface area contributed by atoms with E-state index in [0.717, 1.165) is 6.42 Å². The highest BCUT2D eigenvalue weighted by Gasteiger charge is 2.20. The first-order chi connectivity index (χ1) is 19.7. The van der Waals surface area contributed by atoms with Crippen LogP contribution in [0, 0.1) is 6.92 Å². The lowest BCUT2D eigenvalue weighted by Gasteiger charge is -2.30. The molecule has 0 spiro atoms. The van der Waals surface area contributed by atoms with E-state index in [1.54, 1.807) is 0 Å². The highest BCUT2D eigenvalue weighted by Crippen LogP contribution is 2.40. The number of nitrogens with zero attached hydrogens (tertiary/aromatic N) is 1. The molecule has 0 heterocycles. The second kappa shape index (κ2) is 10.5. The maximum Gasteiger partial charge on any atom is 0.0496 e. The number of hydrogen-bond acceptors (Lipinski definition) is 1. The fourth-order valence-electron chi connectivity index (χ4n) is 6.08. The minimum Gasteiger partial charge on any atom is -0.310 e. The number of rotatable bonds is 5. The van der Waals surface area contributed by atoms with Gasteiger partial charge in [0.1, 0.15) is 0 Å². The zero-order valence-electron chi connectivity index (χ0n) is 23.0. The Morgan fingerprint density at radius 3 is 1.93 bits per heavy atom. The molecular formula is C39H33N. The first-order valence-corrected chi connectivity index (χ1v) is 14.4. The molecule has 194 valence electrons. The van der Waals surface area contributed by atoms with Crippen LogP contribution in [0.25, 0.3) is 33.7 Å². The van der Waals surface area contributed by atoms with Crippen molar-refractivity contribution in [1.82, 2.24) is 0 Å². The van der Waals surface area contributed by atoms with Crippen LogP contribution in [0.1, 0.15) is 40.7 Å². The van der Waals surface area contributed by atoms with Gasteiger partial charge in [-0.05, 0) is 125 Å². The average molecular weight is 516 g/mol. The molecule has 7 rings (SSSR count). The second-order valence-electron chi connectivity index (χ2n) is 11.0. The molecule has 0 N–H and O–H groups in total. The van der Waals surface area contributed by atoms with Gasteiger partial charge in [-0.25, -0.2) is 0 Å². The second-order valence-corrected chi connectivity index (χ2v) is 11.0. The molecule has 0 amide bonds. The number of fused-ring (bicyclic) bond motifs is 3. The van der Waals surface area contributed by atoms with Crippen molar-refractivity contribution in [1.29, 1.82) is 0 Å². The van der Waals surface area contributed by atoms with Crippen molar-refractivity contribution in [2.75, 3.05) is 4.90 Å². The summed E-state index contributed by atoms with van der Waals surface area (Å²) >= 11 is 0. The van der Waals surface area contributed by atoms with Crippen molar-refractivity contribution >= 4 is 50.8 Å². The molecule has 1 heteroatoms. The molecule has 40 heavy (non-hydrogen) atoms. The molecule has 0 saturated carbocycles. The Labute approximate surface area is 237 Å². The summed E-state index contributed by atoms with van der Waals surface area (Å²) in [5, 5.41) is 5.12. The lowest BCUT2D eigenvalue weighted by atomic mass is 9.90. The summed E-state index contributed by atoms with van der Waals surface area (Å²) in [6.07, 6.45) is 9.31. The van der Waals surface area contributed by atoms with Crippen LogP contribution in [-0.2, 0) is 12.8 Å². The van der Waals surface area contributed by atoms with Crippen LogP contribution in [0.2, 0.25) is 0 Å². The van der Waals surface area contributed by atoms with Gasteiger partial charge in [-0.3, -0.25) is 0 Å². The summed E-state index contributed by atoms with van der Waals surface area (Å²) in [5.41, 5.74) is 10.4. The number of anilines is 3. The van der Waals surface area contributed by atoms with Gasteiger partial charge in [0.15, 0.2) is 0 Å². The first kappa shape index (κ1) is 24.4. The smallest absolute Gasteiger partial charge is 0.0496 e. The SMILES string of the molecule is Cc1ccc(N(c2ccc(C=Cc3ccc4cc5ccccc5cc4c3)cc2)c2cccc3c2CCCC3)cc1. The predicted molar refractivity (Wildman–Crippen MR) is 173 cm³/mol. The topological polar surface area (TPSA) is 3.24 Å². The summed E-state index contributed by atoms with van der Waals surface area (Å²) in [5.74, 6) is 0. The van der Waals surface area contributed by atoms with E-state index in [4.69, 9.17) is 0 Å². The first-order valence-electron chi connectivity index (χ1n) is 14.4. The Morgan fingerprint density at radius 2 is 1.15 bits per heavy atom. The molecule has 0 atom stereocenters. The fraction of sp³-hybridized carbons (Fsp3) is 0.128. The van der Waals surface area contributed by atoms with Gasteiger partial charge in [0, 0.05) is 17.1 Å². The normalized spacial score (nSPS) is 13.1. The van der Waals surface area contributed by atoms with Crippen molar-refractivity contribution in [3.63, 3.8) is 0 Å². The van der Waals surface area contributed by atoms with Crippen LogP contribution in [0.5, 0.6) is 0 Å². The Hall–Kier alpha value is -4.62. The predicted octanol–water partition coefficient (Wildman–Crippen LogP) is 10.8. The third kappa shape index (κ3) is 4.80. The van der Waals surface area contributed by atoms with Crippen LogP contribution in [0.4, 0.5) is 17.1 Å². The molecule has 0 unspecified atom stereocenters. The van der Waals surface area contributed by atoms with E-state index in [1.807, 2.05) is 0 Å². The summed E-state index contributed by atoms with van der Waals surface area (Å²) in [7, 11) is 0. The maximum absolute atomic E-state index is 2.44. The van der Waals surface area contributed by atoms with E-state index in [-0.39, 0.29) is 0 Å². The zero-order valence-corrected chi connectivity index (χ0v) is 23.0. The lowest BCUT2D eigenvalue weighted by molar-refractivity contribution is 0.686. The van der Waals surface area contributed by atoms with Crippen LogP contribution >= 0.6 is 0 Å². The summed E-state index contributed by atoms with van der Waals surface area (Å²) < 4.78 is 0. The minimum absolute atomic E-state index is 1.15. The standard InChI is InChI=1S/C39H33N/c1-28-13-21-36(22-14-28)40(39-12-6-10-31-7-4-5-11-38(31)39)37-23-18-29(19-24-37)15-16-30-17-20-34-26-32-8-2-3-9-33(32)27-35(34)25-30/h2-3,6,8-10,12-27H,4-5,7,11H2,1H3. The van der Waals surface area contributed by atoms with Crippen LogP contribution < -0.4 is 4.90 Å². The molecule has 1 aliphatic carbocycles. The van der Waals surface area contributed by atoms with Crippen molar-refractivity contribution in [3.05, 3.63) is 149 Å². The minimum atomic E-state index is 1.15. The molecule has 0 fully saturated rings. The van der Waals surface area contributed by atoms with Gasteiger partial charge in [0.05, 0.1) is 0 Å². The monoisotopic (exact) mass is 515 g/mol. The molecule has 0 radical (unpaired) electrons. The molecule has 0 saturated heterocycles. The van der Waals surface area contributed by atoms with E-state index in [9.17, 15) is 0 Å². The highest BCUT2D eigenvalue weighted by molar-refractivity contribution is 5.99. The van der Waals surface area contributed by atoms with Crippen molar-refractivity contribution in [2.24, 2.45) is 0 Å². The summed E-state index contributed by atoms with van der Waals surface area (Å²) in [6, 6.07) is 44.6. The van der Waals surface area contributed by atoms with Crippen LogP contribution in [-0.4, -0.2) is 0 Å². The van der Waals surface area contributed by atoms with Gasteiger partial charge in [0.2, 0.25) is 0 Å². The molecule has 1 nitrogen and oxygen atoms in total.